The lowest BCUT2D eigenvalue weighted by atomic mass is 10.1. The zero-order valence-electron chi connectivity index (χ0n) is 13.0. The molecule has 2 rings (SSSR count). The Morgan fingerprint density at radius 1 is 1.45 bits per heavy atom. The van der Waals surface area contributed by atoms with Crippen LogP contribution < -0.4 is 5.32 Å². The van der Waals surface area contributed by atoms with Crippen molar-refractivity contribution in [3.8, 4) is 0 Å². The summed E-state index contributed by atoms with van der Waals surface area (Å²) in [5, 5.41) is 12.2. The maximum atomic E-state index is 12.1. The van der Waals surface area contributed by atoms with E-state index in [9.17, 15) is 14.7 Å². The summed E-state index contributed by atoms with van der Waals surface area (Å²) in [5.74, 6) is -1.47. The first-order valence-corrected chi connectivity index (χ1v) is 7.43. The van der Waals surface area contributed by atoms with Crippen molar-refractivity contribution in [3.05, 3.63) is 18.2 Å². The third-order valence-corrected chi connectivity index (χ3v) is 3.60. The third kappa shape index (κ3) is 4.45. The van der Waals surface area contributed by atoms with Gasteiger partial charge in [0.2, 0.25) is 0 Å². The van der Waals surface area contributed by atoms with Gasteiger partial charge in [0.05, 0.1) is 12.2 Å². The van der Waals surface area contributed by atoms with E-state index >= 15 is 0 Å². The summed E-state index contributed by atoms with van der Waals surface area (Å²) in [6.07, 6.45) is 3.33. The molecule has 0 bridgehead atoms. The number of nitrogens with one attached hydrogen (secondary N) is 2. The second-order valence-corrected chi connectivity index (χ2v) is 5.90. The molecule has 2 heterocycles. The van der Waals surface area contributed by atoms with Gasteiger partial charge in [0.15, 0.2) is 0 Å². The van der Waals surface area contributed by atoms with Crippen LogP contribution in [0.25, 0.3) is 0 Å². The summed E-state index contributed by atoms with van der Waals surface area (Å²) in [7, 11) is 0. The Morgan fingerprint density at radius 2 is 2.23 bits per heavy atom. The van der Waals surface area contributed by atoms with Crippen LogP contribution in [-0.4, -0.2) is 69.1 Å². The normalized spacial score (nSPS) is 20.0. The monoisotopic (exact) mass is 309 g/mol. The Bertz CT molecular complexity index is 503. The van der Waals surface area contributed by atoms with Crippen LogP contribution in [-0.2, 0) is 11.3 Å². The van der Waals surface area contributed by atoms with Gasteiger partial charge in [-0.3, -0.25) is 9.69 Å². The summed E-state index contributed by atoms with van der Waals surface area (Å²) < 4.78 is 0. The minimum Gasteiger partial charge on any atom is -0.481 e. The van der Waals surface area contributed by atoms with Crippen molar-refractivity contribution in [2.24, 2.45) is 5.92 Å². The summed E-state index contributed by atoms with van der Waals surface area (Å²) in [4.78, 5) is 34.2. The minimum absolute atomic E-state index is 0.0279. The molecule has 2 amide bonds. The first-order valence-electron chi connectivity index (χ1n) is 7.43. The molecular weight excluding hydrogens is 286 g/mol. The molecule has 3 N–H and O–H groups in total. The molecule has 0 aliphatic carbocycles. The van der Waals surface area contributed by atoms with Gasteiger partial charge in [-0.05, 0) is 13.8 Å². The second kappa shape index (κ2) is 7.26. The number of urea groups is 1. The molecule has 1 aliphatic rings. The van der Waals surface area contributed by atoms with Crippen molar-refractivity contribution in [3.63, 3.8) is 0 Å². The smallest absolute Gasteiger partial charge is 0.317 e. The van der Waals surface area contributed by atoms with Gasteiger partial charge >= 0.3 is 12.0 Å². The number of aromatic amines is 1. The molecule has 1 aliphatic heterocycles. The first-order chi connectivity index (χ1) is 10.5. The number of aromatic nitrogens is 2. The lowest BCUT2D eigenvalue weighted by molar-refractivity contribution is -0.142. The molecular formula is C14H23N5O3. The van der Waals surface area contributed by atoms with Crippen LogP contribution >= 0.6 is 0 Å². The molecule has 1 aromatic heterocycles. The zero-order valence-corrected chi connectivity index (χ0v) is 13.0. The molecule has 0 aromatic carbocycles. The number of hydrogen-bond acceptors (Lipinski definition) is 4. The number of amides is 2. The molecule has 122 valence electrons. The highest BCUT2D eigenvalue weighted by molar-refractivity contribution is 5.76. The van der Waals surface area contributed by atoms with Crippen molar-refractivity contribution in [1.29, 1.82) is 0 Å². The highest BCUT2D eigenvalue weighted by atomic mass is 16.4. The molecule has 8 nitrogen and oxygen atoms in total. The lowest BCUT2D eigenvalue weighted by Gasteiger charge is -2.23. The van der Waals surface area contributed by atoms with Crippen molar-refractivity contribution in [2.75, 3.05) is 26.2 Å². The molecule has 0 radical (unpaired) electrons. The molecule has 22 heavy (non-hydrogen) atoms. The fourth-order valence-electron chi connectivity index (χ4n) is 2.51. The van der Waals surface area contributed by atoms with E-state index in [0.717, 1.165) is 5.69 Å². The summed E-state index contributed by atoms with van der Waals surface area (Å²) in [6, 6.07) is -0.176. The quantitative estimate of drug-likeness (QED) is 0.745. The molecule has 8 heteroatoms. The van der Waals surface area contributed by atoms with Crippen molar-refractivity contribution >= 4 is 12.0 Å². The van der Waals surface area contributed by atoms with Crippen LogP contribution in [0.2, 0.25) is 0 Å². The average molecular weight is 309 g/mol. The van der Waals surface area contributed by atoms with Gasteiger partial charge in [-0.25, -0.2) is 9.78 Å². The highest BCUT2D eigenvalue weighted by Crippen LogP contribution is 2.13. The Labute approximate surface area is 129 Å². The van der Waals surface area contributed by atoms with E-state index in [4.69, 9.17) is 0 Å². The summed E-state index contributed by atoms with van der Waals surface area (Å²) in [6.45, 7) is 6.16. The van der Waals surface area contributed by atoms with Gasteiger partial charge in [0.1, 0.15) is 0 Å². The Hall–Kier alpha value is -2.09. The largest absolute Gasteiger partial charge is 0.481 e. The van der Waals surface area contributed by atoms with Crippen LogP contribution in [0.1, 0.15) is 19.5 Å². The number of carbonyl (C=O) groups excluding carboxylic acids is 1. The zero-order chi connectivity index (χ0) is 16.1. The van der Waals surface area contributed by atoms with E-state index in [2.05, 4.69) is 15.3 Å². The molecule has 0 spiro atoms. The second-order valence-electron chi connectivity index (χ2n) is 5.90. The number of carboxylic acids is 1. The Kier molecular flexibility index (Phi) is 5.37. The average Bonchev–Trinajstić information content (AvgIpc) is 2.83. The fourth-order valence-corrected chi connectivity index (χ4v) is 2.51. The molecule has 1 atom stereocenters. The van der Waals surface area contributed by atoms with E-state index in [-0.39, 0.29) is 18.6 Å². The number of hydrogen-bond donors (Lipinski definition) is 3. The summed E-state index contributed by atoms with van der Waals surface area (Å²) >= 11 is 0. The maximum absolute atomic E-state index is 12.1. The Balaban J connectivity index is 2.03. The topological polar surface area (TPSA) is 102 Å². The van der Waals surface area contributed by atoms with E-state index in [1.165, 1.54) is 0 Å². The fraction of sp³-hybridized carbons (Fsp3) is 0.643. The number of carbonyl (C=O) groups is 2. The number of carboxylic acid groups (broad SMARTS) is 1. The van der Waals surface area contributed by atoms with Crippen molar-refractivity contribution in [1.82, 2.24) is 25.1 Å². The molecule has 1 fully saturated rings. The standard InChI is InChI=1S/C14H23N5O3/c1-10(2)17-14(22)19-4-3-18(6-11(7-19)13(20)21)8-12-5-15-9-16-12/h5,9-11H,3-4,6-8H2,1-2H3,(H,15,16)(H,17,22)(H,20,21)/t11-/m1/s1. The Morgan fingerprint density at radius 3 is 2.82 bits per heavy atom. The third-order valence-electron chi connectivity index (χ3n) is 3.60. The number of imidazole rings is 1. The van der Waals surface area contributed by atoms with Gasteiger partial charge in [-0.2, -0.15) is 0 Å². The van der Waals surface area contributed by atoms with Gasteiger partial charge in [-0.15, -0.1) is 0 Å². The van der Waals surface area contributed by atoms with Gasteiger partial charge in [0.25, 0.3) is 0 Å². The number of nitrogens with zero attached hydrogens (tertiary/aromatic N) is 3. The van der Waals surface area contributed by atoms with E-state index in [1.807, 2.05) is 18.7 Å². The predicted octanol–water partition coefficient (Wildman–Crippen LogP) is 0.346. The van der Waals surface area contributed by atoms with Gasteiger partial charge in [0, 0.05) is 50.7 Å². The van der Waals surface area contributed by atoms with E-state index < -0.39 is 11.9 Å². The maximum Gasteiger partial charge on any atom is 0.317 e. The van der Waals surface area contributed by atoms with Crippen LogP contribution in [0.4, 0.5) is 4.79 Å². The first kappa shape index (κ1) is 16.3. The van der Waals surface area contributed by atoms with Crippen molar-refractivity contribution in [2.45, 2.75) is 26.4 Å². The number of rotatable bonds is 4. The van der Waals surface area contributed by atoms with Crippen LogP contribution in [0, 0.1) is 5.92 Å². The number of aliphatic carboxylic acids is 1. The molecule has 1 saturated heterocycles. The van der Waals surface area contributed by atoms with Crippen LogP contribution in [0.5, 0.6) is 0 Å². The molecule has 0 saturated carbocycles. The summed E-state index contributed by atoms with van der Waals surface area (Å²) in [5.41, 5.74) is 0.934. The predicted molar refractivity (Wildman–Crippen MR) is 80.2 cm³/mol. The van der Waals surface area contributed by atoms with E-state index in [1.54, 1.807) is 17.4 Å². The molecule has 0 unspecified atom stereocenters. The van der Waals surface area contributed by atoms with Gasteiger partial charge in [-0.1, -0.05) is 0 Å². The SMILES string of the molecule is CC(C)NC(=O)N1CCN(Cc2cnc[nH]2)C[C@@H](C(=O)O)C1. The van der Waals surface area contributed by atoms with Crippen LogP contribution in [0.15, 0.2) is 12.5 Å². The van der Waals surface area contributed by atoms with Crippen LogP contribution in [0.3, 0.4) is 0 Å². The van der Waals surface area contributed by atoms with E-state index in [0.29, 0.717) is 26.2 Å². The minimum atomic E-state index is -0.876. The lowest BCUT2D eigenvalue weighted by Crippen LogP contribution is -2.46. The highest BCUT2D eigenvalue weighted by Gasteiger charge is 2.30. The van der Waals surface area contributed by atoms with Gasteiger partial charge < -0.3 is 20.3 Å². The number of H-pyrrole nitrogens is 1. The molecule has 1 aromatic rings. The van der Waals surface area contributed by atoms with Crippen molar-refractivity contribution < 1.29 is 14.7 Å².